The zero-order valence-corrected chi connectivity index (χ0v) is 13.5. The van der Waals surface area contributed by atoms with Crippen molar-refractivity contribution in [1.82, 2.24) is 0 Å². The number of hydrogen-bond donors (Lipinski definition) is 1. The van der Waals surface area contributed by atoms with Crippen LogP contribution in [0.3, 0.4) is 0 Å². The van der Waals surface area contributed by atoms with E-state index in [0.717, 1.165) is 11.6 Å². The molecule has 0 bridgehead atoms. The van der Waals surface area contributed by atoms with Crippen LogP contribution in [0.2, 0.25) is 0 Å². The molecular formula is C19H23NS. The molecule has 1 aliphatic carbocycles. The van der Waals surface area contributed by atoms with Crippen LogP contribution < -0.4 is 4.72 Å². The summed E-state index contributed by atoms with van der Waals surface area (Å²) in [4.78, 5) is 1.27. The molecular weight excluding hydrogens is 274 g/mol. The van der Waals surface area contributed by atoms with Crippen LogP contribution in [0.4, 0.5) is 5.69 Å². The SMILES string of the molecule is Cc1cccc(NSc2ccc(C3CCCCC3)cc2)c1. The lowest BCUT2D eigenvalue weighted by Gasteiger charge is -2.22. The molecule has 1 nitrogen and oxygen atoms in total. The summed E-state index contributed by atoms with van der Waals surface area (Å²) in [6, 6.07) is 17.6. The van der Waals surface area contributed by atoms with Gasteiger partial charge in [-0.05, 0) is 73.0 Å². The van der Waals surface area contributed by atoms with Crippen LogP contribution in [0.15, 0.2) is 53.4 Å². The maximum absolute atomic E-state index is 3.42. The minimum atomic E-state index is 0.794. The molecule has 0 spiro atoms. The summed E-state index contributed by atoms with van der Waals surface area (Å²) >= 11 is 1.69. The monoisotopic (exact) mass is 297 g/mol. The van der Waals surface area contributed by atoms with Gasteiger partial charge in [-0.1, -0.05) is 43.5 Å². The number of rotatable bonds is 4. The Labute approximate surface area is 132 Å². The first-order chi connectivity index (χ1) is 10.3. The third-order valence-corrected chi connectivity index (χ3v) is 5.11. The normalized spacial score (nSPS) is 15.9. The quantitative estimate of drug-likeness (QED) is 0.678. The van der Waals surface area contributed by atoms with E-state index in [9.17, 15) is 0 Å². The molecule has 1 N–H and O–H groups in total. The lowest BCUT2D eigenvalue weighted by molar-refractivity contribution is 0.443. The van der Waals surface area contributed by atoms with E-state index >= 15 is 0 Å². The summed E-state index contributed by atoms with van der Waals surface area (Å²) in [6.07, 6.45) is 6.96. The molecule has 110 valence electrons. The van der Waals surface area contributed by atoms with E-state index in [1.807, 2.05) is 0 Å². The smallest absolute Gasteiger partial charge is 0.0445 e. The fourth-order valence-electron chi connectivity index (χ4n) is 3.07. The minimum Gasteiger partial charge on any atom is -0.326 e. The van der Waals surface area contributed by atoms with E-state index in [0.29, 0.717) is 0 Å². The van der Waals surface area contributed by atoms with Crippen molar-refractivity contribution in [2.24, 2.45) is 0 Å². The van der Waals surface area contributed by atoms with Crippen LogP contribution in [0, 0.1) is 6.92 Å². The largest absolute Gasteiger partial charge is 0.326 e. The Hall–Kier alpha value is -1.41. The second-order valence-corrected chi connectivity index (χ2v) is 6.86. The highest BCUT2D eigenvalue weighted by atomic mass is 32.2. The van der Waals surface area contributed by atoms with Crippen molar-refractivity contribution in [3.05, 3.63) is 59.7 Å². The van der Waals surface area contributed by atoms with Crippen molar-refractivity contribution >= 4 is 17.6 Å². The summed E-state index contributed by atoms with van der Waals surface area (Å²) in [7, 11) is 0. The van der Waals surface area contributed by atoms with Crippen LogP contribution in [0.25, 0.3) is 0 Å². The van der Waals surface area contributed by atoms with Gasteiger partial charge in [-0.3, -0.25) is 0 Å². The van der Waals surface area contributed by atoms with Crippen molar-refractivity contribution in [2.75, 3.05) is 4.72 Å². The van der Waals surface area contributed by atoms with Gasteiger partial charge in [0.2, 0.25) is 0 Å². The summed E-state index contributed by atoms with van der Waals surface area (Å²) in [5.41, 5.74) is 3.97. The zero-order chi connectivity index (χ0) is 14.5. The highest BCUT2D eigenvalue weighted by Gasteiger charge is 2.15. The van der Waals surface area contributed by atoms with E-state index in [2.05, 4.69) is 60.2 Å². The summed E-state index contributed by atoms with van der Waals surface area (Å²) in [6.45, 7) is 2.12. The molecule has 0 atom stereocenters. The van der Waals surface area contributed by atoms with Crippen LogP contribution in [0.5, 0.6) is 0 Å². The third kappa shape index (κ3) is 4.04. The Morgan fingerprint density at radius 3 is 2.43 bits per heavy atom. The van der Waals surface area contributed by atoms with Crippen molar-refractivity contribution < 1.29 is 0 Å². The topological polar surface area (TPSA) is 12.0 Å². The standard InChI is InChI=1S/C19H23NS/c1-15-6-5-9-18(14-15)20-21-19-12-10-17(11-13-19)16-7-3-2-4-8-16/h5-6,9-14,16,20H,2-4,7-8H2,1H3. The molecule has 21 heavy (non-hydrogen) atoms. The number of hydrogen-bond acceptors (Lipinski definition) is 2. The van der Waals surface area contributed by atoms with Crippen LogP contribution in [0.1, 0.15) is 49.1 Å². The molecule has 3 rings (SSSR count). The number of aryl methyl sites for hydroxylation is 1. The first-order valence-corrected chi connectivity index (χ1v) is 8.72. The molecule has 1 saturated carbocycles. The van der Waals surface area contributed by atoms with Gasteiger partial charge in [-0.25, -0.2) is 0 Å². The highest BCUT2D eigenvalue weighted by molar-refractivity contribution is 8.00. The van der Waals surface area contributed by atoms with Crippen molar-refractivity contribution in [1.29, 1.82) is 0 Å². The molecule has 2 aromatic rings. The van der Waals surface area contributed by atoms with E-state index in [4.69, 9.17) is 0 Å². The molecule has 0 radical (unpaired) electrons. The average molecular weight is 297 g/mol. The highest BCUT2D eigenvalue weighted by Crippen LogP contribution is 2.33. The first kappa shape index (κ1) is 14.5. The van der Waals surface area contributed by atoms with Crippen molar-refractivity contribution in [2.45, 2.75) is 49.8 Å². The molecule has 0 aromatic heterocycles. The lowest BCUT2D eigenvalue weighted by Crippen LogP contribution is -2.04. The Morgan fingerprint density at radius 2 is 1.71 bits per heavy atom. The van der Waals surface area contributed by atoms with Gasteiger partial charge >= 0.3 is 0 Å². The van der Waals surface area contributed by atoms with Gasteiger partial charge in [0.05, 0.1) is 0 Å². The second-order valence-electron chi connectivity index (χ2n) is 5.98. The summed E-state index contributed by atoms with van der Waals surface area (Å²) < 4.78 is 3.42. The molecule has 0 amide bonds. The van der Waals surface area contributed by atoms with E-state index < -0.39 is 0 Å². The van der Waals surface area contributed by atoms with Crippen LogP contribution >= 0.6 is 11.9 Å². The molecule has 1 fully saturated rings. The lowest BCUT2D eigenvalue weighted by atomic mass is 9.84. The zero-order valence-electron chi connectivity index (χ0n) is 12.6. The van der Waals surface area contributed by atoms with E-state index in [1.165, 1.54) is 48.1 Å². The van der Waals surface area contributed by atoms with Gasteiger partial charge in [-0.2, -0.15) is 0 Å². The number of anilines is 1. The third-order valence-electron chi connectivity index (χ3n) is 4.26. The summed E-state index contributed by atoms with van der Waals surface area (Å²) in [5, 5.41) is 0. The molecule has 0 unspecified atom stereocenters. The van der Waals surface area contributed by atoms with E-state index in [-0.39, 0.29) is 0 Å². The Balaban J connectivity index is 1.59. The maximum Gasteiger partial charge on any atom is 0.0445 e. The fraction of sp³-hybridized carbons (Fsp3) is 0.368. The Morgan fingerprint density at radius 1 is 0.952 bits per heavy atom. The number of benzene rings is 2. The molecule has 0 aliphatic heterocycles. The Kier molecular flexibility index (Phi) is 4.87. The van der Waals surface area contributed by atoms with E-state index in [1.54, 1.807) is 11.9 Å². The van der Waals surface area contributed by atoms with Gasteiger partial charge in [0, 0.05) is 10.6 Å². The first-order valence-electron chi connectivity index (χ1n) is 7.91. The molecule has 1 aliphatic rings. The van der Waals surface area contributed by atoms with Gasteiger partial charge in [0.1, 0.15) is 0 Å². The molecule has 2 heteroatoms. The maximum atomic E-state index is 3.42. The molecule has 0 heterocycles. The minimum absolute atomic E-state index is 0.794. The van der Waals surface area contributed by atoms with Crippen LogP contribution in [-0.2, 0) is 0 Å². The van der Waals surface area contributed by atoms with Crippen molar-refractivity contribution in [3.63, 3.8) is 0 Å². The number of nitrogens with one attached hydrogen (secondary N) is 1. The van der Waals surface area contributed by atoms with Crippen LogP contribution in [-0.4, -0.2) is 0 Å². The van der Waals surface area contributed by atoms with Gasteiger partial charge in [0.15, 0.2) is 0 Å². The predicted octanol–water partition coefficient (Wildman–Crippen LogP) is 6.16. The fourth-order valence-corrected chi connectivity index (χ4v) is 3.71. The molecule has 2 aromatic carbocycles. The van der Waals surface area contributed by atoms with Gasteiger partial charge in [0.25, 0.3) is 0 Å². The van der Waals surface area contributed by atoms with Crippen molar-refractivity contribution in [3.8, 4) is 0 Å². The predicted molar refractivity (Wildman–Crippen MR) is 92.9 cm³/mol. The van der Waals surface area contributed by atoms with Gasteiger partial charge < -0.3 is 4.72 Å². The van der Waals surface area contributed by atoms with Gasteiger partial charge in [-0.15, -0.1) is 0 Å². The Bertz CT molecular complexity index is 570. The second kappa shape index (κ2) is 7.04. The molecule has 0 saturated heterocycles. The summed E-state index contributed by atoms with van der Waals surface area (Å²) in [5.74, 6) is 0.794. The average Bonchev–Trinajstić information content (AvgIpc) is 2.54.